The van der Waals surface area contributed by atoms with Crippen molar-refractivity contribution in [3.05, 3.63) is 11.7 Å². The van der Waals surface area contributed by atoms with Gasteiger partial charge in [0, 0.05) is 31.6 Å². The Morgan fingerprint density at radius 3 is 2.75 bits per heavy atom. The minimum absolute atomic E-state index is 0.412. The lowest BCUT2D eigenvalue weighted by Gasteiger charge is -2.18. The molecule has 2 rings (SSSR count). The summed E-state index contributed by atoms with van der Waals surface area (Å²) in [5.41, 5.74) is 0. The van der Waals surface area contributed by atoms with Crippen molar-refractivity contribution in [2.45, 2.75) is 64.3 Å². The van der Waals surface area contributed by atoms with Crippen LogP contribution in [0.1, 0.15) is 63.6 Å². The van der Waals surface area contributed by atoms with Crippen molar-refractivity contribution in [2.75, 3.05) is 19.8 Å². The van der Waals surface area contributed by atoms with Crippen LogP contribution in [-0.4, -0.2) is 35.9 Å². The lowest BCUT2D eigenvalue weighted by atomic mass is 10.00. The van der Waals surface area contributed by atoms with Gasteiger partial charge >= 0.3 is 0 Å². The van der Waals surface area contributed by atoms with Crippen molar-refractivity contribution in [3.8, 4) is 0 Å². The second kappa shape index (κ2) is 8.37. The van der Waals surface area contributed by atoms with Crippen LogP contribution in [0.2, 0.25) is 0 Å². The molecule has 5 heteroatoms. The predicted molar refractivity (Wildman–Crippen MR) is 77.8 cm³/mol. The lowest BCUT2D eigenvalue weighted by Crippen LogP contribution is -2.31. The van der Waals surface area contributed by atoms with E-state index in [4.69, 9.17) is 9.26 Å². The summed E-state index contributed by atoms with van der Waals surface area (Å²) in [4.78, 5) is 4.59. The van der Waals surface area contributed by atoms with Gasteiger partial charge in [0.25, 0.3) is 0 Å². The Morgan fingerprint density at radius 1 is 1.25 bits per heavy atom. The van der Waals surface area contributed by atoms with E-state index in [1.807, 2.05) is 0 Å². The fourth-order valence-corrected chi connectivity index (χ4v) is 2.66. The summed E-state index contributed by atoms with van der Waals surface area (Å²) in [6, 6.07) is 0.447. The van der Waals surface area contributed by atoms with Crippen LogP contribution in [0.15, 0.2) is 4.52 Å². The number of aromatic nitrogens is 2. The zero-order chi connectivity index (χ0) is 14.2. The average molecular weight is 281 g/mol. The molecular weight excluding hydrogens is 254 g/mol. The van der Waals surface area contributed by atoms with Crippen molar-refractivity contribution >= 4 is 0 Å². The molecule has 1 aliphatic heterocycles. The molecule has 114 valence electrons. The summed E-state index contributed by atoms with van der Waals surface area (Å²) in [5.74, 6) is 2.05. The van der Waals surface area contributed by atoms with Crippen LogP contribution in [-0.2, 0) is 11.2 Å². The van der Waals surface area contributed by atoms with E-state index in [1.165, 1.54) is 6.42 Å². The zero-order valence-corrected chi connectivity index (χ0v) is 12.7. The van der Waals surface area contributed by atoms with E-state index in [0.717, 1.165) is 63.6 Å². The van der Waals surface area contributed by atoms with Gasteiger partial charge in [-0.3, -0.25) is 0 Å². The molecule has 2 heterocycles. The quantitative estimate of drug-likeness (QED) is 0.794. The van der Waals surface area contributed by atoms with E-state index in [-0.39, 0.29) is 0 Å². The molecular formula is C15H27N3O2. The minimum atomic E-state index is 0.412. The van der Waals surface area contributed by atoms with Crippen LogP contribution in [0, 0.1) is 0 Å². The molecule has 1 saturated heterocycles. The minimum Gasteiger partial charge on any atom is -0.381 e. The summed E-state index contributed by atoms with van der Waals surface area (Å²) < 4.78 is 10.8. The lowest BCUT2D eigenvalue weighted by molar-refractivity contribution is 0.0830. The first kappa shape index (κ1) is 15.4. The number of nitrogens with one attached hydrogen (secondary N) is 1. The molecule has 20 heavy (non-hydrogen) atoms. The molecule has 0 aliphatic carbocycles. The van der Waals surface area contributed by atoms with E-state index in [1.54, 1.807) is 0 Å². The van der Waals surface area contributed by atoms with Gasteiger partial charge in [0.05, 0.1) is 0 Å². The monoisotopic (exact) mass is 281 g/mol. The third-order valence-electron chi connectivity index (χ3n) is 3.81. The molecule has 1 N–H and O–H groups in total. The maximum absolute atomic E-state index is 5.43. The van der Waals surface area contributed by atoms with Crippen molar-refractivity contribution in [1.29, 1.82) is 0 Å². The highest BCUT2D eigenvalue weighted by molar-refractivity contribution is 4.97. The SMILES string of the molecule is CCCNC(CCC)Cc1nc(C2CCOCC2)no1. The first-order valence-corrected chi connectivity index (χ1v) is 7.97. The molecule has 1 aromatic heterocycles. The van der Waals surface area contributed by atoms with E-state index in [0.29, 0.717) is 12.0 Å². The van der Waals surface area contributed by atoms with E-state index >= 15 is 0 Å². The fourth-order valence-electron chi connectivity index (χ4n) is 2.66. The van der Waals surface area contributed by atoms with Crippen LogP contribution in [0.25, 0.3) is 0 Å². The van der Waals surface area contributed by atoms with Crippen molar-refractivity contribution in [3.63, 3.8) is 0 Å². The van der Waals surface area contributed by atoms with Crippen molar-refractivity contribution in [2.24, 2.45) is 0 Å². The fraction of sp³-hybridized carbons (Fsp3) is 0.867. The molecule has 0 bridgehead atoms. The molecule has 1 unspecified atom stereocenters. The number of hydrogen-bond acceptors (Lipinski definition) is 5. The molecule has 0 spiro atoms. The molecule has 5 nitrogen and oxygen atoms in total. The number of nitrogens with zero attached hydrogens (tertiary/aromatic N) is 2. The van der Waals surface area contributed by atoms with Crippen LogP contribution < -0.4 is 5.32 Å². The second-order valence-corrected chi connectivity index (χ2v) is 5.58. The first-order chi connectivity index (χ1) is 9.83. The Bertz CT molecular complexity index is 375. The molecule has 0 aromatic carbocycles. The normalized spacial score (nSPS) is 18.3. The third kappa shape index (κ3) is 4.56. The molecule has 0 amide bonds. The third-order valence-corrected chi connectivity index (χ3v) is 3.81. The molecule has 1 fully saturated rings. The summed E-state index contributed by atoms with van der Waals surface area (Å²) in [7, 11) is 0. The van der Waals surface area contributed by atoms with Gasteiger partial charge in [-0.25, -0.2) is 0 Å². The topological polar surface area (TPSA) is 60.2 Å². The maximum atomic E-state index is 5.43. The number of hydrogen-bond donors (Lipinski definition) is 1. The summed E-state index contributed by atoms with van der Waals surface area (Å²) >= 11 is 0. The first-order valence-electron chi connectivity index (χ1n) is 7.97. The van der Waals surface area contributed by atoms with Gasteiger partial charge in [-0.1, -0.05) is 25.4 Å². The van der Waals surface area contributed by atoms with Crippen molar-refractivity contribution < 1.29 is 9.26 Å². The van der Waals surface area contributed by atoms with Gasteiger partial charge in [0.15, 0.2) is 5.82 Å². The second-order valence-electron chi connectivity index (χ2n) is 5.58. The van der Waals surface area contributed by atoms with Gasteiger partial charge < -0.3 is 14.6 Å². The van der Waals surface area contributed by atoms with Gasteiger partial charge in [-0.2, -0.15) is 4.98 Å². The zero-order valence-electron chi connectivity index (χ0n) is 12.7. The van der Waals surface area contributed by atoms with Crippen LogP contribution >= 0.6 is 0 Å². The van der Waals surface area contributed by atoms with Gasteiger partial charge in [0.2, 0.25) is 5.89 Å². The van der Waals surface area contributed by atoms with Crippen molar-refractivity contribution in [1.82, 2.24) is 15.5 Å². The van der Waals surface area contributed by atoms with Gasteiger partial charge in [-0.05, 0) is 32.2 Å². The smallest absolute Gasteiger partial charge is 0.228 e. The Kier molecular flexibility index (Phi) is 6.47. The van der Waals surface area contributed by atoms with E-state index < -0.39 is 0 Å². The summed E-state index contributed by atoms with van der Waals surface area (Å²) in [6.07, 6.45) is 6.32. The van der Waals surface area contributed by atoms with Crippen LogP contribution in [0.4, 0.5) is 0 Å². The molecule has 0 radical (unpaired) electrons. The van der Waals surface area contributed by atoms with E-state index in [2.05, 4.69) is 29.3 Å². The van der Waals surface area contributed by atoms with Gasteiger partial charge in [0.1, 0.15) is 0 Å². The molecule has 1 atom stereocenters. The molecule has 0 saturated carbocycles. The predicted octanol–water partition coefficient (Wildman–Crippen LogP) is 2.67. The van der Waals surface area contributed by atoms with Crippen LogP contribution in [0.3, 0.4) is 0 Å². The highest BCUT2D eigenvalue weighted by atomic mass is 16.5. The summed E-state index contributed by atoms with van der Waals surface area (Å²) in [5, 5.41) is 7.72. The Labute approximate surface area is 121 Å². The highest BCUT2D eigenvalue weighted by Crippen LogP contribution is 2.24. The Balaban J connectivity index is 1.89. The average Bonchev–Trinajstić information content (AvgIpc) is 2.94. The van der Waals surface area contributed by atoms with E-state index in [9.17, 15) is 0 Å². The Morgan fingerprint density at radius 2 is 2.05 bits per heavy atom. The molecule has 1 aliphatic rings. The largest absolute Gasteiger partial charge is 0.381 e. The highest BCUT2D eigenvalue weighted by Gasteiger charge is 2.22. The summed E-state index contributed by atoms with van der Waals surface area (Å²) in [6.45, 7) is 7.07. The van der Waals surface area contributed by atoms with Gasteiger partial charge in [-0.15, -0.1) is 0 Å². The van der Waals surface area contributed by atoms with Crippen LogP contribution in [0.5, 0.6) is 0 Å². The Hall–Kier alpha value is -0.940. The maximum Gasteiger partial charge on any atom is 0.228 e. The standard InChI is InChI=1S/C15H27N3O2/c1-3-5-13(16-8-4-2)11-14-17-15(18-20-14)12-6-9-19-10-7-12/h12-13,16H,3-11H2,1-2H3. The molecule has 1 aromatic rings. The number of rotatable bonds is 8. The number of ether oxygens (including phenoxy) is 1.